The van der Waals surface area contributed by atoms with Gasteiger partial charge in [-0.1, -0.05) is 29.2 Å². The first kappa shape index (κ1) is 17.3. The van der Waals surface area contributed by atoms with Crippen LogP contribution in [-0.2, 0) is 14.3 Å². The zero-order valence-corrected chi connectivity index (χ0v) is 14.8. The molecule has 0 spiro atoms. The van der Waals surface area contributed by atoms with E-state index in [2.05, 4.69) is 4.98 Å². The van der Waals surface area contributed by atoms with E-state index in [1.165, 1.54) is 29.2 Å². The number of hydrogen-bond acceptors (Lipinski definition) is 6. The number of thioether (sulfide) groups is 1. The summed E-state index contributed by atoms with van der Waals surface area (Å²) in [7, 11) is 0. The van der Waals surface area contributed by atoms with Gasteiger partial charge in [0, 0.05) is 13.5 Å². The van der Waals surface area contributed by atoms with Crippen molar-refractivity contribution in [2.24, 2.45) is 0 Å². The molecule has 128 valence electrons. The van der Waals surface area contributed by atoms with Crippen LogP contribution in [0.2, 0.25) is 0 Å². The summed E-state index contributed by atoms with van der Waals surface area (Å²) in [5, 5.41) is 0.329. The summed E-state index contributed by atoms with van der Waals surface area (Å²) >= 11 is 2.23. The van der Waals surface area contributed by atoms with Crippen molar-refractivity contribution >= 4 is 49.5 Å². The summed E-state index contributed by atoms with van der Waals surface area (Å²) < 4.78 is 20.2. The molecule has 1 amide bonds. The average Bonchev–Trinajstić information content (AvgIpc) is 3.20. The van der Waals surface area contributed by atoms with Crippen LogP contribution in [0.4, 0.5) is 9.52 Å². The van der Waals surface area contributed by atoms with E-state index in [4.69, 9.17) is 4.74 Å². The molecule has 3 rings (SSSR count). The number of rotatable bonds is 5. The van der Waals surface area contributed by atoms with Crippen LogP contribution in [0.15, 0.2) is 18.2 Å². The Balaban J connectivity index is 1.87. The predicted molar refractivity (Wildman–Crippen MR) is 94.0 cm³/mol. The first-order chi connectivity index (χ1) is 11.5. The van der Waals surface area contributed by atoms with Crippen molar-refractivity contribution < 1.29 is 18.7 Å². The summed E-state index contributed by atoms with van der Waals surface area (Å²) in [5.41, 5.74) is 0.266. The van der Waals surface area contributed by atoms with Crippen molar-refractivity contribution in [3.8, 4) is 0 Å². The summed E-state index contributed by atoms with van der Waals surface area (Å²) in [6, 6.07) is 4.75. The molecule has 1 saturated heterocycles. The molecule has 0 bridgehead atoms. The molecule has 0 saturated carbocycles. The Morgan fingerprint density at radius 2 is 2.33 bits per heavy atom. The van der Waals surface area contributed by atoms with Crippen LogP contribution in [0.1, 0.15) is 19.8 Å². The highest BCUT2D eigenvalue weighted by atomic mass is 32.2. The molecule has 1 unspecified atom stereocenters. The number of thiazole rings is 1. The maximum atomic E-state index is 13.9. The number of hydrogen-bond donors (Lipinski definition) is 0. The number of benzene rings is 1. The van der Waals surface area contributed by atoms with Crippen LogP contribution in [-0.4, -0.2) is 41.0 Å². The van der Waals surface area contributed by atoms with Gasteiger partial charge in [0.15, 0.2) is 10.2 Å². The molecule has 5 nitrogen and oxygen atoms in total. The van der Waals surface area contributed by atoms with E-state index in [0.29, 0.717) is 23.0 Å². The molecule has 24 heavy (non-hydrogen) atoms. The first-order valence-electron chi connectivity index (χ1n) is 7.65. The third kappa shape index (κ3) is 3.93. The second kappa shape index (κ2) is 7.58. The lowest BCUT2D eigenvalue weighted by molar-refractivity contribution is -0.117. The summed E-state index contributed by atoms with van der Waals surface area (Å²) in [6.07, 6.45) is 1.79. The second-order valence-corrected chi connectivity index (χ2v) is 7.66. The Kier molecular flexibility index (Phi) is 5.47. The van der Waals surface area contributed by atoms with Gasteiger partial charge in [-0.25, -0.2) is 9.37 Å². The molecule has 8 heteroatoms. The third-order valence-corrected chi connectivity index (χ3v) is 5.54. The normalized spacial score (nSPS) is 17.3. The average molecular weight is 368 g/mol. The summed E-state index contributed by atoms with van der Waals surface area (Å²) in [4.78, 5) is 29.5. The van der Waals surface area contributed by atoms with Crippen LogP contribution >= 0.6 is 23.1 Å². The number of carbonyl (C=O) groups excluding carboxylic acids is 2. The molecule has 2 aromatic rings. The topological polar surface area (TPSA) is 59.5 Å². The van der Waals surface area contributed by atoms with E-state index in [0.717, 1.165) is 24.6 Å². The molecule has 0 N–H and O–H groups in total. The Morgan fingerprint density at radius 1 is 1.50 bits per heavy atom. The number of para-hydroxylation sites is 1. The second-order valence-electron chi connectivity index (χ2n) is 5.50. The summed E-state index contributed by atoms with van der Waals surface area (Å²) in [6.45, 7) is 2.48. The molecule has 1 aliphatic rings. The standard InChI is InChI=1S/C16H17FN2O3S2/c1-10(20)23-9-14(21)19(8-11-4-3-7-22-11)16-18-15-12(17)5-2-6-13(15)24-16/h2,5-6,11H,3-4,7-9H2,1H3. The lowest BCUT2D eigenvalue weighted by Gasteiger charge is -2.22. The predicted octanol–water partition coefficient (Wildman–Crippen LogP) is 3.23. The highest BCUT2D eigenvalue weighted by Crippen LogP contribution is 2.31. The largest absolute Gasteiger partial charge is 0.376 e. The lowest BCUT2D eigenvalue weighted by atomic mass is 10.2. The quantitative estimate of drug-likeness (QED) is 0.811. The maximum Gasteiger partial charge on any atom is 0.239 e. The van der Waals surface area contributed by atoms with Crippen LogP contribution < -0.4 is 4.90 Å². The highest BCUT2D eigenvalue weighted by molar-refractivity contribution is 8.14. The van der Waals surface area contributed by atoms with Crippen molar-refractivity contribution in [3.05, 3.63) is 24.0 Å². The molecular weight excluding hydrogens is 351 g/mol. The van der Waals surface area contributed by atoms with Crippen LogP contribution in [0.3, 0.4) is 0 Å². The van der Waals surface area contributed by atoms with Gasteiger partial charge in [-0.05, 0) is 25.0 Å². The molecule has 0 radical (unpaired) electrons. The number of fused-ring (bicyclic) bond motifs is 1. The van der Waals surface area contributed by atoms with E-state index < -0.39 is 5.82 Å². The van der Waals surface area contributed by atoms with Crippen LogP contribution in [0.25, 0.3) is 10.2 Å². The van der Waals surface area contributed by atoms with E-state index >= 15 is 0 Å². The van der Waals surface area contributed by atoms with Gasteiger partial charge in [-0.3, -0.25) is 14.5 Å². The monoisotopic (exact) mass is 368 g/mol. The van der Waals surface area contributed by atoms with Gasteiger partial charge in [-0.15, -0.1) is 0 Å². The van der Waals surface area contributed by atoms with Crippen LogP contribution in [0.5, 0.6) is 0 Å². The fourth-order valence-electron chi connectivity index (χ4n) is 2.54. The first-order valence-corrected chi connectivity index (χ1v) is 9.45. The van der Waals surface area contributed by atoms with Gasteiger partial charge < -0.3 is 4.74 Å². The molecular formula is C16H17FN2O3S2. The number of aromatic nitrogens is 1. The SMILES string of the molecule is CC(=O)SCC(=O)N(CC1CCCO1)c1nc2c(F)cccc2s1. The molecule has 1 aromatic carbocycles. The van der Waals surface area contributed by atoms with E-state index in [-0.39, 0.29) is 28.4 Å². The van der Waals surface area contributed by atoms with Crippen molar-refractivity contribution in [2.45, 2.75) is 25.9 Å². The maximum absolute atomic E-state index is 13.9. The fourth-order valence-corrected chi connectivity index (χ4v) is 4.03. The highest BCUT2D eigenvalue weighted by Gasteiger charge is 2.26. The summed E-state index contributed by atoms with van der Waals surface area (Å²) in [5.74, 6) is -0.580. The fraction of sp³-hybridized carbons (Fsp3) is 0.438. The number of ether oxygens (including phenoxy) is 1. The van der Waals surface area contributed by atoms with E-state index in [1.54, 1.807) is 12.1 Å². The number of nitrogens with zero attached hydrogens (tertiary/aromatic N) is 2. The van der Waals surface area contributed by atoms with E-state index in [1.807, 2.05) is 0 Å². The number of halogens is 1. The molecule has 1 atom stereocenters. The molecule has 1 aromatic heterocycles. The van der Waals surface area contributed by atoms with Crippen molar-refractivity contribution in [3.63, 3.8) is 0 Å². The van der Waals surface area contributed by atoms with Crippen molar-refractivity contribution in [2.75, 3.05) is 23.8 Å². The zero-order chi connectivity index (χ0) is 17.1. The van der Waals surface area contributed by atoms with Gasteiger partial charge in [0.1, 0.15) is 11.3 Å². The molecule has 1 fully saturated rings. The van der Waals surface area contributed by atoms with Gasteiger partial charge in [-0.2, -0.15) is 0 Å². The minimum atomic E-state index is -0.405. The Hall–Kier alpha value is -1.51. The zero-order valence-electron chi connectivity index (χ0n) is 13.2. The van der Waals surface area contributed by atoms with Crippen LogP contribution in [0, 0.1) is 5.82 Å². The smallest absolute Gasteiger partial charge is 0.239 e. The Labute approximate surface area is 147 Å². The minimum Gasteiger partial charge on any atom is -0.376 e. The lowest BCUT2D eigenvalue weighted by Crippen LogP contribution is -2.38. The van der Waals surface area contributed by atoms with Gasteiger partial charge in [0.05, 0.1) is 23.1 Å². The number of amides is 1. The van der Waals surface area contributed by atoms with E-state index in [9.17, 15) is 14.0 Å². The van der Waals surface area contributed by atoms with Crippen molar-refractivity contribution in [1.82, 2.24) is 4.98 Å². The Bertz CT molecular complexity index is 759. The number of carbonyl (C=O) groups is 2. The molecule has 1 aliphatic heterocycles. The molecule has 2 heterocycles. The number of anilines is 1. The van der Waals surface area contributed by atoms with Gasteiger partial charge in [0.25, 0.3) is 0 Å². The van der Waals surface area contributed by atoms with Crippen molar-refractivity contribution in [1.29, 1.82) is 0 Å². The third-order valence-electron chi connectivity index (χ3n) is 3.70. The molecule has 0 aliphatic carbocycles. The minimum absolute atomic E-state index is 0.0421. The Morgan fingerprint density at radius 3 is 3.00 bits per heavy atom. The van der Waals surface area contributed by atoms with Gasteiger partial charge >= 0.3 is 0 Å². The van der Waals surface area contributed by atoms with Gasteiger partial charge in [0.2, 0.25) is 5.91 Å².